The summed E-state index contributed by atoms with van der Waals surface area (Å²) in [6, 6.07) is 13.3. The first-order chi connectivity index (χ1) is 12.5. The Balaban J connectivity index is 1.79. The van der Waals surface area contributed by atoms with Crippen LogP contribution in [0.1, 0.15) is 19.4 Å². The molecule has 2 N–H and O–H groups in total. The number of anilines is 2. The van der Waals surface area contributed by atoms with Gasteiger partial charge in [-0.1, -0.05) is 12.1 Å². The third kappa shape index (κ3) is 5.88. The zero-order chi connectivity index (χ0) is 18.9. The summed E-state index contributed by atoms with van der Waals surface area (Å²) in [6.45, 7) is 5.91. The number of benzene rings is 2. The van der Waals surface area contributed by atoms with Crippen molar-refractivity contribution in [2.75, 3.05) is 29.9 Å². The first-order valence-electron chi connectivity index (χ1n) is 8.67. The normalized spacial score (nSPS) is 10.3. The molecular formula is C20H24FN3O2. The van der Waals surface area contributed by atoms with Crippen LogP contribution >= 0.6 is 0 Å². The van der Waals surface area contributed by atoms with Crippen LogP contribution in [0.3, 0.4) is 0 Å². The Kier molecular flexibility index (Phi) is 7.14. The van der Waals surface area contributed by atoms with E-state index in [1.807, 2.05) is 24.3 Å². The van der Waals surface area contributed by atoms with Crippen LogP contribution in [0.25, 0.3) is 0 Å². The summed E-state index contributed by atoms with van der Waals surface area (Å²) in [5.41, 5.74) is 2.47. The van der Waals surface area contributed by atoms with E-state index in [0.29, 0.717) is 11.3 Å². The van der Waals surface area contributed by atoms with Crippen molar-refractivity contribution in [2.45, 2.75) is 20.3 Å². The van der Waals surface area contributed by atoms with Gasteiger partial charge in [-0.25, -0.2) is 4.39 Å². The molecule has 0 saturated heterocycles. The maximum atomic E-state index is 12.8. The van der Waals surface area contributed by atoms with Crippen LogP contribution in [0.5, 0.6) is 0 Å². The molecule has 6 heteroatoms. The molecule has 0 radical (unpaired) electrons. The van der Waals surface area contributed by atoms with Gasteiger partial charge in [-0.3, -0.25) is 9.59 Å². The van der Waals surface area contributed by atoms with E-state index < -0.39 is 0 Å². The minimum atomic E-state index is -0.347. The number of carbonyl (C=O) groups is 2. The molecular weight excluding hydrogens is 333 g/mol. The molecule has 0 atom stereocenters. The number of halogens is 1. The van der Waals surface area contributed by atoms with Crippen molar-refractivity contribution in [2.24, 2.45) is 0 Å². The molecule has 0 saturated carbocycles. The maximum absolute atomic E-state index is 12.8. The van der Waals surface area contributed by atoms with Crippen molar-refractivity contribution in [1.82, 2.24) is 5.32 Å². The van der Waals surface area contributed by atoms with Gasteiger partial charge < -0.3 is 15.5 Å². The summed E-state index contributed by atoms with van der Waals surface area (Å²) < 4.78 is 12.8. The van der Waals surface area contributed by atoms with Crippen molar-refractivity contribution in [3.05, 3.63) is 59.9 Å². The molecule has 2 aromatic carbocycles. The molecule has 0 bridgehead atoms. The molecule has 0 heterocycles. The van der Waals surface area contributed by atoms with E-state index in [2.05, 4.69) is 29.4 Å². The Hall–Kier alpha value is -2.89. The van der Waals surface area contributed by atoms with Crippen LogP contribution in [0.15, 0.2) is 48.5 Å². The fourth-order valence-corrected chi connectivity index (χ4v) is 2.58. The standard InChI is InChI=1S/C20H24FN3O2/c1-3-24(4-2)18-11-9-17(10-12-18)23-20(26)14-22-19(25)13-15-5-7-16(21)8-6-15/h5-12H,3-4,13-14H2,1-2H3,(H,22,25)(H,23,26). The SMILES string of the molecule is CCN(CC)c1ccc(NC(=O)CNC(=O)Cc2ccc(F)cc2)cc1. The minimum Gasteiger partial charge on any atom is -0.372 e. The first kappa shape index (κ1) is 19.4. The predicted molar refractivity (Wildman–Crippen MR) is 102 cm³/mol. The van der Waals surface area contributed by atoms with Gasteiger partial charge in [-0.2, -0.15) is 0 Å². The second-order valence-corrected chi connectivity index (χ2v) is 5.85. The van der Waals surface area contributed by atoms with Crippen molar-refractivity contribution >= 4 is 23.2 Å². The summed E-state index contributed by atoms with van der Waals surface area (Å²) in [6.07, 6.45) is 0.103. The zero-order valence-corrected chi connectivity index (χ0v) is 15.1. The summed E-state index contributed by atoms with van der Waals surface area (Å²) in [5, 5.41) is 5.31. The lowest BCUT2D eigenvalue weighted by Crippen LogP contribution is -2.33. The molecule has 0 aliphatic carbocycles. The van der Waals surface area contributed by atoms with Gasteiger partial charge in [0.25, 0.3) is 0 Å². The molecule has 5 nitrogen and oxygen atoms in total. The Bertz CT molecular complexity index is 726. The monoisotopic (exact) mass is 357 g/mol. The van der Waals surface area contributed by atoms with Gasteiger partial charge in [0.15, 0.2) is 0 Å². The second kappa shape index (κ2) is 9.56. The second-order valence-electron chi connectivity index (χ2n) is 5.85. The number of hydrogen-bond donors (Lipinski definition) is 2. The number of hydrogen-bond acceptors (Lipinski definition) is 3. The molecule has 2 amide bonds. The highest BCUT2D eigenvalue weighted by Gasteiger charge is 2.08. The van der Waals surface area contributed by atoms with Gasteiger partial charge in [0.1, 0.15) is 5.82 Å². The van der Waals surface area contributed by atoms with Gasteiger partial charge in [-0.15, -0.1) is 0 Å². The molecule has 26 heavy (non-hydrogen) atoms. The summed E-state index contributed by atoms with van der Waals surface area (Å²) in [7, 11) is 0. The number of nitrogens with zero attached hydrogens (tertiary/aromatic N) is 1. The molecule has 0 aliphatic heterocycles. The number of rotatable bonds is 8. The average molecular weight is 357 g/mol. The van der Waals surface area contributed by atoms with E-state index in [0.717, 1.165) is 18.8 Å². The third-order valence-electron chi connectivity index (χ3n) is 4.00. The number of amides is 2. The Morgan fingerprint density at radius 3 is 2.12 bits per heavy atom. The van der Waals surface area contributed by atoms with E-state index in [4.69, 9.17) is 0 Å². The molecule has 2 rings (SSSR count). The molecule has 0 aromatic heterocycles. The first-order valence-corrected chi connectivity index (χ1v) is 8.67. The molecule has 0 unspecified atom stereocenters. The van der Waals surface area contributed by atoms with Gasteiger partial charge >= 0.3 is 0 Å². The maximum Gasteiger partial charge on any atom is 0.243 e. The topological polar surface area (TPSA) is 61.4 Å². The van der Waals surface area contributed by atoms with Crippen LogP contribution < -0.4 is 15.5 Å². The highest BCUT2D eigenvalue weighted by molar-refractivity contribution is 5.94. The Labute approximate surface area is 153 Å². The quantitative estimate of drug-likeness (QED) is 0.764. The lowest BCUT2D eigenvalue weighted by molar-refractivity contribution is -0.123. The summed E-state index contributed by atoms with van der Waals surface area (Å²) in [4.78, 5) is 26.0. The molecule has 2 aromatic rings. The van der Waals surface area contributed by atoms with Gasteiger partial charge in [0, 0.05) is 24.5 Å². The van der Waals surface area contributed by atoms with Gasteiger partial charge in [-0.05, 0) is 55.8 Å². The predicted octanol–water partition coefficient (Wildman–Crippen LogP) is 2.97. The van der Waals surface area contributed by atoms with E-state index in [-0.39, 0.29) is 30.6 Å². The molecule has 0 spiro atoms. The van der Waals surface area contributed by atoms with Gasteiger partial charge in [0.05, 0.1) is 13.0 Å². The van der Waals surface area contributed by atoms with Crippen molar-refractivity contribution in [1.29, 1.82) is 0 Å². The van der Waals surface area contributed by atoms with Crippen LogP contribution in [0.2, 0.25) is 0 Å². The third-order valence-corrected chi connectivity index (χ3v) is 4.00. The summed E-state index contributed by atoms with van der Waals surface area (Å²) >= 11 is 0. The van der Waals surface area contributed by atoms with Gasteiger partial charge in [0.2, 0.25) is 11.8 Å². The molecule has 0 aliphatic rings. The summed E-state index contributed by atoms with van der Waals surface area (Å²) in [5.74, 6) is -0.933. The van der Waals surface area contributed by atoms with Crippen molar-refractivity contribution in [3.63, 3.8) is 0 Å². The van der Waals surface area contributed by atoms with Crippen molar-refractivity contribution < 1.29 is 14.0 Å². The van der Waals surface area contributed by atoms with Crippen LogP contribution in [0, 0.1) is 5.82 Å². The van der Waals surface area contributed by atoms with Crippen LogP contribution in [-0.2, 0) is 16.0 Å². The van der Waals surface area contributed by atoms with E-state index in [9.17, 15) is 14.0 Å². The van der Waals surface area contributed by atoms with Crippen LogP contribution in [0.4, 0.5) is 15.8 Å². The van der Waals surface area contributed by atoms with E-state index in [1.165, 1.54) is 12.1 Å². The molecule has 0 fully saturated rings. The lowest BCUT2D eigenvalue weighted by atomic mass is 10.1. The largest absolute Gasteiger partial charge is 0.372 e. The Morgan fingerprint density at radius 2 is 1.54 bits per heavy atom. The van der Waals surface area contributed by atoms with Crippen molar-refractivity contribution in [3.8, 4) is 0 Å². The lowest BCUT2D eigenvalue weighted by Gasteiger charge is -2.21. The molecule has 138 valence electrons. The highest BCUT2D eigenvalue weighted by atomic mass is 19.1. The highest BCUT2D eigenvalue weighted by Crippen LogP contribution is 2.17. The Morgan fingerprint density at radius 1 is 0.923 bits per heavy atom. The smallest absolute Gasteiger partial charge is 0.243 e. The fraction of sp³-hybridized carbons (Fsp3) is 0.300. The zero-order valence-electron chi connectivity index (χ0n) is 15.1. The average Bonchev–Trinajstić information content (AvgIpc) is 2.64. The minimum absolute atomic E-state index is 0.103. The van der Waals surface area contributed by atoms with E-state index >= 15 is 0 Å². The van der Waals surface area contributed by atoms with Crippen LogP contribution in [-0.4, -0.2) is 31.4 Å². The fourth-order valence-electron chi connectivity index (χ4n) is 2.58. The number of carbonyl (C=O) groups excluding carboxylic acids is 2. The number of nitrogens with one attached hydrogen (secondary N) is 2. The van der Waals surface area contributed by atoms with E-state index in [1.54, 1.807) is 12.1 Å².